The summed E-state index contributed by atoms with van der Waals surface area (Å²) in [5, 5.41) is 9.20. The minimum Gasteiger partial charge on any atom is -0.494 e. The maximum Gasteiger partial charge on any atom is 0.223 e. The first-order valence-electron chi connectivity index (χ1n) is 11.8. The van der Waals surface area contributed by atoms with E-state index in [2.05, 4.69) is 20.1 Å². The molecule has 1 atom stereocenters. The Hall–Kier alpha value is -3.21. The van der Waals surface area contributed by atoms with Gasteiger partial charge in [0.2, 0.25) is 5.95 Å². The van der Waals surface area contributed by atoms with Crippen LogP contribution >= 0.6 is 11.6 Å². The van der Waals surface area contributed by atoms with Gasteiger partial charge in [-0.25, -0.2) is 14.2 Å². The third-order valence-electron chi connectivity index (χ3n) is 6.38. The molecular weight excluding hydrogens is 498 g/mol. The van der Waals surface area contributed by atoms with Crippen LogP contribution in [-0.4, -0.2) is 43.2 Å². The van der Waals surface area contributed by atoms with Crippen LogP contribution in [0.2, 0.25) is 5.02 Å². The number of fused-ring (bicyclic) bond motifs is 1. The maximum absolute atomic E-state index is 12.8. The van der Waals surface area contributed by atoms with Crippen LogP contribution in [0.5, 0.6) is 5.75 Å². The van der Waals surface area contributed by atoms with Gasteiger partial charge in [0.15, 0.2) is 16.8 Å². The lowest BCUT2D eigenvalue weighted by atomic mass is 9.92. The van der Waals surface area contributed by atoms with Crippen LogP contribution in [0.25, 0.3) is 22.2 Å². The van der Waals surface area contributed by atoms with E-state index in [1.165, 1.54) is 0 Å². The predicted molar refractivity (Wildman–Crippen MR) is 144 cm³/mol. The Morgan fingerprint density at radius 1 is 1.17 bits per heavy atom. The van der Waals surface area contributed by atoms with E-state index >= 15 is 0 Å². The summed E-state index contributed by atoms with van der Waals surface area (Å²) < 4.78 is 23.1. The largest absolute Gasteiger partial charge is 0.494 e. The number of benzene rings is 2. The number of nitrogens with two attached hydrogens (primary N) is 1. The van der Waals surface area contributed by atoms with Gasteiger partial charge in [-0.2, -0.15) is 5.10 Å². The number of ether oxygens (including phenoxy) is 1. The highest BCUT2D eigenvalue weighted by molar-refractivity contribution is 7.86. The number of nitrogens with zero attached hydrogens (tertiary/aromatic N) is 4. The standard InChI is InChI=1S/C25H28ClN7O2S/c1-33-20(13-23(31-33)32-36(34)22-6-4-3-5-19(22)26)15-11-16-14-28-25(30-24(16)21(12-15)35-2)29-18-9-7-17(27)8-10-18/h3-6,11-14,17-18H,7-10,27H2,1-2H3,(H,31,32)(H,28,29,30). The van der Waals surface area contributed by atoms with Crippen LogP contribution in [-0.2, 0) is 18.0 Å². The fourth-order valence-electron chi connectivity index (χ4n) is 4.46. The Morgan fingerprint density at radius 3 is 2.69 bits per heavy atom. The van der Waals surface area contributed by atoms with Crippen molar-refractivity contribution < 1.29 is 8.95 Å². The summed E-state index contributed by atoms with van der Waals surface area (Å²) >= 11 is 6.18. The summed E-state index contributed by atoms with van der Waals surface area (Å²) in [6, 6.07) is 13.4. The van der Waals surface area contributed by atoms with E-state index in [1.807, 2.05) is 25.2 Å². The van der Waals surface area contributed by atoms with Crippen LogP contribution in [0, 0.1) is 0 Å². The molecule has 36 heavy (non-hydrogen) atoms. The number of aromatic nitrogens is 4. The highest BCUT2D eigenvalue weighted by atomic mass is 35.5. The molecule has 0 saturated heterocycles. The molecule has 0 bridgehead atoms. The summed E-state index contributed by atoms with van der Waals surface area (Å²) in [5.74, 6) is 1.69. The highest BCUT2D eigenvalue weighted by Gasteiger charge is 2.20. The van der Waals surface area contributed by atoms with Crippen molar-refractivity contribution in [1.82, 2.24) is 19.7 Å². The van der Waals surface area contributed by atoms with E-state index in [0.29, 0.717) is 33.5 Å². The Morgan fingerprint density at radius 2 is 1.94 bits per heavy atom. The minimum atomic E-state index is -1.55. The molecule has 1 aliphatic rings. The molecule has 2 aromatic carbocycles. The number of methoxy groups -OCH3 is 1. The second kappa shape index (κ2) is 10.4. The van der Waals surface area contributed by atoms with E-state index in [9.17, 15) is 4.21 Å². The van der Waals surface area contributed by atoms with Crippen molar-refractivity contribution in [1.29, 1.82) is 0 Å². The summed E-state index contributed by atoms with van der Waals surface area (Å²) in [7, 11) is 1.90. The van der Waals surface area contributed by atoms with Crippen molar-refractivity contribution >= 4 is 45.3 Å². The molecule has 1 unspecified atom stereocenters. The van der Waals surface area contributed by atoms with Gasteiger partial charge in [-0.15, -0.1) is 0 Å². The molecule has 0 spiro atoms. The van der Waals surface area contributed by atoms with Gasteiger partial charge in [0.1, 0.15) is 11.3 Å². The maximum atomic E-state index is 12.8. The molecule has 1 aliphatic carbocycles. The third-order valence-corrected chi connectivity index (χ3v) is 7.97. The lowest BCUT2D eigenvalue weighted by Gasteiger charge is -2.26. The first kappa shape index (κ1) is 24.5. The molecule has 1 saturated carbocycles. The molecule has 4 N–H and O–H groups in total. The summed E-state index contributed by atoms with van der Waals surface area (Å²) in [6.07, 6.45) is 5.83. The van der Waals surface area contributed by atoms with Crippen LogP contribution < -0.4 is 20.5 Å². The Labute approximate surface area is 217 Å². The molecule has 11 heteroatoms. The zero-order valence-corrected chi connectivity index (χ0v) is 21.6. The molecular formula is C25H28ClN7O2S. The highest BCUT2D eigenvalue weighted by Crippen LogP contribution is 2.33. The van der Waals surface area contributed by atoms with Gasteiger partial charge in [-0.05, 0) is 49.9 Å². The van der Waals surface area contributed by atoms with Crippen molar-refractivity contribution in [2.75, 3.05) is 17.1 Å². The van der Waals surface area contributed by atoms with Crippen molar-refractivity contribution in [3.63, 3.8) is 0 Å². The molecule has 188 valence electrons. The number of aryl methyl sites for hydroxylation is 1. The van der Waals surface area contributed by atoms with Gasteiger partial charge >= 0.3 is 0 Å². The molecule has 2 heterocycles. The van der Waals surface area contributed by atoms with Crippen LogP contribution in [0.1, 0.15) is 25.7 Å². The normalized spacial score (nSPS) is 18.7. The SMILES string of the molecule is COc1cc(-c2cc(NS(=O)c3ccccc3Cl)nn2C)cc2cnc(NC3CCC(N)CC3)nc12. The number of hydrogen-bond donors (Lipinski definition) is 3. The topological polar surface area (TPSA) is 120 Å². The first-order chi connectivity index (χ1) is 17.4. The van der Waals surface area contributed by atoms with Gasteiger partial charge in [0.05, 0.1) is 22.7 Å². The zero-order chi connectivity index (χ0) is 25.2. The summed E-state index contributed by atoms with van der Waals surface area (Å²) in [4.78, 5) is 9.78. The van der Waals surface area contributed by atoms with Crippen LogP contribution in [0.3, 0.4) is 0 Å². The van der Waals surface area contributed by atoms with Gasteiger partial charge in [-0.1, -0.05) is 23.7 Å². The molecule has 0 amide bonds. The molecule has 1 fully saturated rings. The van der Waals surface area contributed by atoms with E-state index in [1.54, 1.807) is 42.3 Å². The lowest BCUT2D eigenvalue weighted by Crippen LogP contribution is -2.33. The number of hydrogen-bond acceptors (Lipinski definition) is 7. The van der Waals surface area contributed by atoms with Crippen molar-refractivity contribution in [2.24, 2.45) is 12.8 Å². The monoisotopic (exact) mass is 525 g/mol. The van der Waals surface area contributed by atoms with Crippen molar-refractivity contribution in [3.05, 3.63) is 53.7 Å². The van der Waals surface area contributed by atoms with Crippen molar-refractivity contribution in [3.8, 4) is 17.0 Å². The van der Waals surface area contributed by atoms with Gasteiger partial charge < -0.3 is 15.8 Å². The number of halogens is 1. The fraction of sp³-hybridized carbons (Fsp3) is 0.320. The number of anilines is 2. The first-order valence-corrected chi connectivity index (χ1v) is 13.3. The van der Waals surface area contributed by atoms with E-state index in [0.717, 1.165) is 47.8 Å². The molecule has 2 aromatic heterocycles. The smallest absolute Gasteiger partial charge is 0.223 e. The quantitative estimate of drug-likeness (QED) is 0.324. The summed E-state index contributed by atoms with van der Waals surface area (Å²) in [6.45, 7) is 0. The molecule has 0 aliphatic heterocycles. The van der Waals surface area contributed by atoms with Crippen molar-refractivity contribution in [2.45, 2.75) is 42.7 Å². The molecule has 5 rings (SSSR count). The van der Waals surface area contributed by atoms with Gasteiger partial charge in [-0.3, -0.25) is 9.40 Å². The fourth-order valence-corrected chi connectivity index (χ4v) is 5.66. The van der Waals surface area contributed by atoms with E-state index in [4.69, 9.17) is 27.1 Å². The molecule has 4 aromatic rings. The van der Waals surface area contributed by atoms with Crippen LogP contribution in [0.4, 0.5) is 11.8 Å². The second-order valence-corrected chi connectivity index (χ2v) is 10.5. The molecule has 0 radical (unpaired) electrons. The number of nitrogens with one attached hydrogen (secondary N) is 2. The lowest BCUT2D eigenvalue weighted by molar-refractivity contribution is 0.409. The average Bonchev–Trinajstić information content (AvgIpc) is 3.24. The molecule has 9 nitrogen and oxygen atoms in total. The van der Waals surface area contributed by atoms with E-state index in [-0.39, 0.29) is 6.04 Å². The Balaban J connectivity index is 1.40. The van der Waals surface area contributed by atoms with Gasteiger partial charge in [0.25, 0.3) is 0 Å². The zero-order valence-electron chi connectivity index (χ0n) is 20.1. The Bertz CT molecular complexity index is 1420. The predicted octanol–water partition coefficient (Wildman–Crippen LogP) is 4.51. The average molecular weight is 526 g/mol. The third kappa shape index (κ3) is 5.16. The number of rotatable bonds is 7. The van der Waals surface area contributed by atoms with Crippen LogP contribution in [0.15, 0.2) is 53.6 Å². The van der Waals surface area contributed by atoms with E-state index < -0.39 is 11.0 Å². The van der Waals surface area contributed by atoms with Gasteiger partial charge in [0, 0.05) is 42.3 Å². The summed E-state index contributed by atoms with van der Waals surface area (Å²) in [5.41, 5.74) is 8.44. The Kier molecular flexibility index (Phi) is 7.08. The minimum absolute atomic E-state index is 0.290. The second-order valence-electron chi connectivity index (χ2n) is 8.91.